The van der Waals surface area contributed by atoms with Gasteiger partial charge in [-0.1, -0.05) is 18.2 Å². The standard InChI is InChI=1S/C12H19NO2/c1-9(15-3)8-13-10(2)11-6-4-5-7-12(11)14/h4-7,9-10,13-14H,8H2,1-3H3. The number of hydrogen-bond acceptors (Lipinski definition) is 3. The van der Waals surface area contributed by atoms with Crippen LogP contribution in [0.1, 0.15) is 25.5 Å². The molecule has 15 heavy (non-hydrogen) atoms. The minimum atomic E-state index is 0.129. The zero-order chi connectivity index (χ0) is 11.3. The van der Waals surface area contributed by atoms with Crippen molar-refractivity contribution in [3.63, 3.8) is 0 Å². The number of phenolic OH excluding ortho intramolecular Hbond substituents is 1. The van der Waals surface area contributed by atoms with E-state index < -0.39 is 0 Å². The molecule has 0 aliphatic rings. The van der Waals surface area contributed by atoms with Gasteiger partial charge in [-0.3, -0.25) is 0 Å². The van der Waals surface area contributed by atoms with Gasteiger partial charge in [0, 0.05) is 25.3 Å². The number of rotatable bonds is 5. The average molecular weight is 209 g/mol. The van der Waals surface area contributed by atoms with Crippen molar-refractivity contribution in [1.29, 1.82) is 0 Å². The number of phenols is 1. The Bertz CT molecular complexity index is 301. The van der Waals surface area contributed by atoms with Crippen LogP contribution in [0.4, 0.5) is 0 Å². The molecule has 2 atom stereocenters. The molecule has 1 aromatic carbocycles. The van der Waals surface area contributed by atoms with Crippen LogP contribution >= 0.6 is 0 Å². The number of benzene rings is 1. The Morgan fingerprint density at radius 3 is 2.60 bits per heavy atom. The molecule has 0 fully saturated rings. The molecule has 0 spiro atoms. The molecule has 0 radical (unpaired) electrons. The van der Waals surface area contributed by atoms with Gasteiger partial charge in [-0.2, -0.15) is 0 Å². The maximum Gasteiger partial charge on any atom is 0.120 e. The van der Waals surface area contributed by atoms with Gasteiger partial charge in [0.05, 0.1) is 6.10 Å². The van der Waals surface area contributed by atoms with Gasteiger partial charge in [0.15, 0.2) is 0 Å². The highest BCUT2D eigenvalue weighted by Crippen LogP contribution is 2.22. The van der Waals surface area contributed by atoms with Crippen LogP contribution in [0.15, 0.2) is 24.3 Å². The van der Waals surface area contributed by atoms with E-state index >= 15 is 0 Å². The second-order valence-corrected chi connectivity index (χ2v) is 3.74. The molecule has 0 aliphatic carbocycles. The molecular formula is C12H19NO2. The number of methoxy groups -OCH3 is 1. The van der Waals surface area contributed by atoms with E-state index in [2.05, 4.69) is 5.32 Å². The van der Waals surface area contributed by atoms with E-state index in [1.165, 1.54) is 0 Å². The molecule has 2 N–H and O–H groups in total. The van der Waals surface area contributed by atoms with Crippen LogP contribution < -0.4 is 5.32 Å². The lowest BCUT2D eigenvalue weighted by atomic mass is 10.1. The quantitative estimate of drug-likeness (QED) is 0.780. The summed E-state index contributed by atoms with van der Waals surface area (Å²) in [6, 6.07) is 7.50. The first-order valence-electron chi connectivity index (χ1n) is 5.19. The van der Waals surface area contributed by atoms with Crippen LogP contribution in [-0.2, 0) is 4.74 Å². The van der Waals surface area contributed by atoms with Gasteiger partial charge < -0.3 is 15.2 Å². The fraction of sp³-hybridized carbons (Fsp3) is 0.500. The molecule has 0 bridgehead atoms. The number of aromatic hydroxyl groups is 1. The van der Waals surface area contributed by atoms with Crippen molar-refractivity contribution >= 4 is 0 Å². The van der Waals surface area contributed by atoms with Gasteiger partial charge in [0.2, 0.25) is 0 Å². The van der Waals surface area contributed by atoms with Crippen molar-refractivity contribution in [2.24, 2.45) is 0 Å². The SMILES string of the molecule is COC(C)CNC(C)c1ccccc1O. The van der Waals surface area contributed by atoms with E-state index in [1.807, 2.05) is 32.0 Å². The third-order valence-electron chi connectivity index (χ3n) is 2.52. The number of hydrogen-bond donors (Lipinski definition) is 2. The minimum absolute atomic E-state index is 0.129. The second-order valence-electron chi connectivity index (χ2n) is 3.74. The fourth-order valence-electron chi connectivity index (χ4n) is 1.39. The van der Waals surface area contributed by atoms with Gasteiger partial charge in [0.1, 0.15) is 5.75 Å². The normalized spacial score (nSPS) is 14.9. The summed E-state index contributed by atoms with van der Waals surface area (Å²) < 4.78 is 5.14. The Morgan fingerprint density at radius 1 is 1.33 bits per heavy atom. The summed E-state index contributed by atoms with van der Waals surface area (Å²) in [5.74, 6) is 0.336. The highest BCUT2D eigenvalue weighted by molar-refractivity contribution is 5.34. The smallest absolute Gasteiger partial charge is 0.120 e. The molecule has 1 rings (SSSR count). The lowest BCUT2D eigenvalue weighted by molar-refractivity contribution is 0.115. The van der Waals surface area contributed by atoms with Crippen LogP contribution in [0.25, 0.3) is 0 Å². The van der Waals surface area contributed by atoms with Gasteiger partial charge >= 0.3 is 0 Å². The second kappa shape index (κ2) is 5.73. The Morgan fingerprint density at radius 2 is 2.00 bits per heavy atom. The molecule has 0 saturated heterocycles. The van der Waals surface area contributed by atoms with Gasteiger partial charge in [-0.05, 0) is 19.9 Å². The zero-order valence-electron chi connectivity index (χ0n) is 9.53. The molecule has 84 valence electrons. The predicted octanol–water partition coefficient (Wildman–Crippen LogP) is 2.08. The van der Waals surface area contributed by atoms with Gasteiger partial charge in [0.25, 0.3) is 0 Å². The summed E-state index contributed by atoms with van der Waals surface area (Å²) in [5, 5.41) is 12.9. The summed E-state index contributed by atoms with van der Waals surface area (Å²) in [5.41, 5.74) is 0.917. The summed E-state index contributed by atoms with van der Waals surface area (Å²) in [6.45, 7) is 4.80. The monoisotopic (exact) mass is 209 g/mol. The van der Waals surface area contributed by atoms with Crippen LogP contribution in [0.5, 0.6) is 5.75 Å². The number of para-hydroxylation sites is 1. The number of ether oxygens (including phenoxy) is 1. The lowest BCUT2D eigenvalue weighted by Crippen LogP contribution is -2.28. The molecule has 2 unspecified atom stereocenters. The molecule has 1 aromatic rings. The molecule has 0 saturated carbocycles. The Balaban J connectivity index is 2.54. The topological polar surface area (TPSA) is 41.5 Å². The predicted molar refractivity (Wildman–Crippen MR) is 61.0 cm³/mol. The third-order valence-corrected chi connectivity index (χ3v) is 2.52. The van der Waals surface area contributed by atoms with E-state index in [0.717, 1.165) is 12.1 Å². The van der Waals surface area contributed by atoms with Crippen molar-refractivity contribution in [1.82, 2.24) is 5.32 Å². The van der Waals surface area contributed by atoms with E-state index in [-0.39, 0.29) is 12.1 Å². The maximum absolute atomic E-state index is 9.63. The van der Waals surface area contributed by atoms with Crippen LogP contribution in [0, 0.1) is 0 Å². The summed E-state index contributed by atoms with van der Waals surface area (Å²) in [7, 11) is 1.69. The molecule has 0 aliphatic heterocycles. The third kappa shape index (κ3) is 3.53. The fourth-order valence-corrected chi connectivity index (χ4v) is 1.39. The van der Waals surface area contributed by atoms with Crippen LogP contribution in [0.2, 0.25) is 0 Å². The van der Waals surface area contributed by atoms with Crippen molar-refractivity contribution in [3.05, 3.63) is 29.8 Å². The van der Waals surface area contributed by atoms with Crippen LogP contribution in [0.3, 0.4) is 0 Å². The van der Waals surface area contributed by atoms with E-state index in [0.29, 0.717) is 5.75 Å². The molecular weight excluding hydrogens is 190 g/mol. The number of nitrogens with one attached hydrogen (secondary N) is 1. The Kier molecular flexibility index (Phi) is 4.59. The maximum atomic E-state index is 9.63. The summed E-state index contributed by atoms with van der Waals surface area (Å²) >= 11 is 0. The van der Waals surface area contributed by atoms with Crippen molar-refractivity contribution in [2.45, 2.75) is 26.0 Å². The highest BCUT2D eigenvalue weighted by Gasteiger charge is 2.09. The largest absolute Gasteiger partial charge is 0.508 e. The molecule has 0 aromatic heterocycles. The molecule has 0 heterocycles. The van der Waals surface area contributed by atoms with E-state index in [4.69, 9.17) is 4.74 Å². The first-order chi connectivity index (χ1) is 7.15. The first-order valence-corrected chi connectivity index (χ1v) is 5.19. The average Bonchev–Trinajstić information content (AvgIpc) is 2.26. The van der Waals surface area contributed by atoms with Gasteiger partial charge in [-0.25, -0.2) is 0 Å². The van der Waals surface area contributed by atoms with Crippen molar-refractivity contribution < 1.29 is 9.84 Å². The van der Waals surface area contributed by atoms with E-state index in [1.54, 1.807) is 13.2 Å². The molecule has 0 amide bonds. The Hall–Kier alpha value is -1.06. The summed E-state index contributed by atoms with van der Waals surface area (Å²) in [4.78, 5) is 0. The van der Waals surface area contributed by atoms with E-state index in [9.17, 15) is 5.11 Å². The molecule has 3 nitrogen and oxygen atoms in total. The van der Waals surface area contributed by atoms with Crippen LogP contribution in [-0.4, -0.2) is 24.9 Å². The van der Waals surface area contributed by atoms with Crippen molar-refractivity contribution in [2.75, 3.05) is 13.7 Å². The highest BCUT2D eigenvalue weighted by atomic mass is 16.5. The minimum Gasteiger partial charge on any atom is -0.508 e. The van der Waals surface area contributed by atoms with Gasteiger partial charge in [-0.15, -0.1) is 0 Å². The first kappa shape index (κ1) is 12.0. The zero-order valence-corrected chi connectivity index (χ0v) is 9.53. The summed E-state index contributed by atoms with van der Waals surface area (Å²) in [6.07, 6.45) is 0.179. The molecule has 3 heteroatoms. The lowest BCUT2D eigenvalue weighted by Gasteiger charge is -2.18. The Labute approximate surface area is 91.1 Å². The van der Waals surface area contributed by atoms with Crippen molar-refractivity contribution in [3.8, 4) is 5.75 Å².